The highest BCUT2D eigenvalue weighted by molar-refractivity contribution is 5.70. The molecule has 1 atom stereocenters. The molecule has 0 aromatic carbocycles. The van der Waals surface area contributed by atoms with Crippen molar-refractivity contribution in [3.05, 3.63) is 46.7 Å². The summed E-state index contributed by atoms with van der Waals surface area (Å²) >= 11 is 0. The Hall–Kier alpha value is -2.07. The van der Waals surface area contributed by atoms with Crippen molar-refractivity contribution in [1.29, 1.82) is 0 Å². The first-order valence-electron chi connectivity index (χ1n) is 10.5. The van der Waals surface area contributed by atoms with Crippen molar-refractivity contribution < 1.29 is 5.11 Å². The van der Waals surface area contributed by atoms with Gasteiger partial charge < -0.3 is 5.11 Å². The molecule has 0 spiro atoms. The smallest absolute Gasteiger partial charge is 0.0936 e. The molecule has 0 bridgehead atoms. The van der Waals surface area contributed by atoms with E-state index in [1.54, 1.807) is 0 Å². The number of hydrogen-bond acceptors (Lipinski definition) is 4. The predicted molar refractivity (Wildman–Crippen MR) is 117 cm³/mol. The number of hydrogen-bond donors (Lipinski definition) is 1. The number of aliphatic hydroxyl groups is 1. The summed E-state index contributed by atoms with van der Waals surface area (Å²) in [6.45, 7) is 14.9. The molecular weight excluding hydrogens is 346 g/mol. The highest BCUT2D eigenvalue weighted by Gasteiger charge is 2.20. The molecule has 0 saturated heterocycles. The molecule has 152 valence electrons. The molecule has 0 saturated carbocycles. The summed E-state index contributed by atoms with van der Waals surface area (Å²) in [7, 11) is 0. The SMILES string of the molecule is C/C=C(\c1nc(C)c(-c2ccc(C(C)C)nc2CC)nc1C)C(CC)CCO. The van der Waals surface area contributed by atoms with Crippen LogP contribution in [0, 0.1) is 19.8 Å². The summed E-state index contributed by atoms with van der Waals surface area (Å²) in [5.74, 6) is 0.705. The maximum absolute atomic E-state index is 9.42. The fourth-order valence-electron chi connectivity index (χ4n) is 3.76. The lowest BCUT2D eigenvalue weighted by atomic mass is 9.89. The van der Waals surface area contributed by atoms with Gasteiger partial charge in [-0.2, -0.15) is 0 Å². The van der Waals surface area contributed by atoms with Gasteiger partial charge >= 0.3 is 0 Å². The van der Waals surface area contributed by atoms with Crippen molar-refractivity contribution in [3.8, 4) is 11.3 Å². The van der Waals surface area contributed by atoms with Gasteiger partial charge in [0.05, 0.1) is 22.8 Å². The number of aryl methyl sites for hydroxylation is 3. The summed E-state index contributed by atoms with van der Waals surface area (Å²) in [4.78, 5) is 14.8. The van der Waals surface area contributed by atoms with Crippen LogP contribution < -0.4 is 0 Å². The van der Waals surface area contributed by atoms with Gasteiger partial charge in [-0.05, 0) is 69.6 Å². The molecule has 0 fully saturated rings. The standard InChI is InChI=1S/C24H35N3O/c1-8-18(13-14-28)19(9-2)23-16(6)26-24(17(7)25-23)20-11-12-22(15(4)5)27-21(20)10-3/h9,11-12,15,18,28H,8,10,13-14H2,1-7H3/b19-9-. The second kappa shape index (κ2) is 9.92. The van der Waals surface area contributed by atoms with E-state index in [9.17, 15) is 5.11 Å². The van der Waals surface area contributed by atoms with E-state index in [4.69, 9.17) is 15.0 Å². The minimum Gasteiger partial charge on any atom is -0.396 e. The van der Waals surface area contributed by atoms with Crippen LogP contribution in [0.1, 0.15) is 81.8 Å². The number of allylic oxidation sites excluding steroid dienone is 2. The third-order valence-electron chi connectivity index (χ3n) is 5.42. The zero-order valence-corrected chi connectivity index (χ0v) is 18.5. The Morgan fingerprint density at radius 1 is 1.07 bits per heavy atom. The predicted octanol–water partition coefficient (Wildman–Crippen LogP) is 5.65. The lowest BCUT2D eigenvalue weighted by Crippen LogP contribution is -2.11. The first-order valence-corrected chi connectivity index (χ1v) is 10.5. The summed E-state index contributed by atoms with van der Waals surface area (Å²) in [5, 5.41) is 9.42. The molecule has 0 radical (unpaired) electrons. The maximum atomic E-state index is 9.42. The Kier molecular flexibility index (Phi) is 7.88. The van der Waals surface area contributed by atoms with Crippen molar-refractivity contribution in [2.75, 3.05) is 6.61 Å². The second-order valence-electron chi connectivity index (χ2n) is 7.69. The topological polar surface area (TPSA) is 58.9 Å². The molecule has 2 heterocycles. The Labute approximate surface area is 170 Å². The minimum atomic E-state index is 0.188. The summed E-state index contributed by atoms with van der Waals surface area (Å²) in [5.41, 5.74) is 8.18. The Morgan fingerprint density at radius 3 is 2.32 bits per heavy atom. The number of nitrogens with zero attached hydrogens (tertiary/aromatic N) is 3. The molecule has 1 unspecified atom stereocenters. The van der Waals surface area contributed by atoms with Gasteiger partial charge in [-0.15, -0.1) is 0 Å². The third-order valence-corrected chi connectivity index (χ3v) is 5.42. The van der Waals surface area contributed by atoms with Gasteiger partial charge in [-0.3, -0.25) is 4.98 Å². The van der Waals surface area contributed by atoms with E-state index in [0.29, 0.717) is 11.8 Å². The Morgan fingerprint density at radius 2 is 1.79 bits per heavy atom. The van der Waals surface area contributed by atoms with Crippen molar-refractivity contribution in [2.24, 2.45) is 5.92 Å². The van der Waals surface area contributed by atoms with Crippen LogP contribution in [-0.2, 0) is 6.42 Å². The van der Waals surface area contributed by atoms with Crippen molar-refractivity contribution in [2.45, 2.75) is 73.6 Å². The molecule has 4 heteroatoms. The van der Waals surface area contributed by atoms with Crippen LogP contribution in [0.3, 0.4) is 0 Å². The van der Waals surface area contributed by atoms with E-state index >= 15 is 0 Å². The van der Waals surface area contributed by atoms with Gasteiger partial charge in [0, 0.05) is 23.6 Å². The van der Waals surface area contributed by atoms with Crippen LogP contribution in [-0.4, -0.2) is 26.7 Å². The lowest BCUT2D eigenvalue weighted by Gasteiger charge is -2.20. The Balaban J connectivity index is 2.55. The molecule has 0 aliphatic rings. The van der Waals surface area contributed by atoms with Crippen LogP contribution in [0.4, 0.5) is 0 Å². The highest BCUT2D eigenvalue weighted by atomic mass is 16.3. The van der Waals surface area contributed by atoms with Crippen molar-refractivity contribution in [1.82, 2.24) is 15.0 Å². The van der Waals surface area contributed by atoms with E-state index < -0.39 is 0 Å². The van der Waals surface area contributed by atoms with Gasteiger partial charge in [0.2, 0.25) is 0 Å². The summed E-state index contributed by atoms with van der Waals surface area (Å²) < 4.78 is 0. The number of aliphatic hydroxyl groups excluding tert-OH is 1. The van der Waals surface area contributed by atoms with Gasteiger partial charge in [0.1, 0.15) is 0 Å². The van der Waals surface area contributed by atoms with Gasteiger partial charge in [-0.1, -0.05) is 33.8 Å². The average Bonchev–Trinajstić information content (AvgIpc) is 2.69. The molecule has 2 aromatic heterocycles. The zero-order chi connectivity index (χ0) is 20.8. The van der Waals surface area contributed by atoms with Crippen LogP contribution in [0.2, 0.25) is 0 Å². The molecule has 0 aliphatic carbocycles. The normalized spacial score (nSPS) is 13.2. The average molecular weight is 382 g/mol. The first kappa shape index (κ1) is 22.2. The maximum Gasteiger partial charge on any atom is 0.0936 e. The number of aromatic nitrogens is 3. The van der Waals surface area contributed by atoms with Gasteiger partial charge in [-0.25, -0.2) is 9.97 Å². The van der Waals surface area contributed by atoms with E-state index in [0.717, 1.165) is 59.0 Å². The van der Waals surface area contributed by atoms with Crippen LogP contribution in [0.5, 0.6) is 0 Å². The fraction of sp³-hybridized carbons (Fsp3) is 0.542. The summed E-state index contributed by atoms with van der Waals surface area (Å²) in [6.07, 6.45) is 4.71. The van der Waals surface area contributed by atoms with E-state index in [-0.39, 0.29) is 6.61 Å². The van der Waals surface area contributed by atoms with Crippen molar-refractivity contribution >= 4 is 5.57 Å². The lowest BCUT2D eigenvalue weighted by molar-refractivity contribution is 0.270. The molecule has 1 N–H and O–H groups in total. The molecule has 0 amide bonds. The van der Waals surface area contributed by atoms with Crippen LogP contribution >= 0.6 is 0 Å². The quantitative estimate of drug-likeness (QED) is 0.641. The Bertz CT molecular complexity index is 840. The highest BCUT2D eigenvalue weighted by Crippen LogP contribution is 2.32. The second-order valence-corrected chi connectivity index (χ2v) is 7.69. The first-order chi connectivity index (χ1) is 13.4. The monoisotopic (exact) mass is 381 g/mol. The zero-order valence-electron chi connectivity index (χ0n) is 18.5. The van der Waals surface area contributed by atoms with Gasteiger partial charge in [0.15, 0.2) is 0 Å². The van der Waals surface area contributed by atoms with Crippen LogP contribution in [0.25, 0.3) is 16.8 Å². The molecular formula is C24H35N3O. The third kappa shape index (κ3) is 4.67. The summed E-state index contributed by atoms with van der Waals surface area (Å²) in [6, 6.07) is 4.25. The fourth-order valence-corrected chi connectivity index (χ4v) is 3.76. The molecule has 0 aliphatic heterocycles. The van der Waals surface area contributed by atoms with Crippen molar-refractivity contribution in [3.63, 3.8) is 0 Å². The van der Waals surface area contributed by atoms with E-state index in [1.807, 2.05) is 20.8 Å². The molecule has 28 heavy (non-hydrogen) atoms. The molecule has 2 rings (SSSR count). The molecule has 4 nitrogen and oxygen atoms in total. The number of rotatable bonds is 8. The number of pyridine rings is 1. The van der Waals surface area contributed by atoms with E-state index in [1.165, 1.54) is 5.57 Å². The van der Waals surface area contributed by atoms with E-state index in [2.05, 4.69) is 45.9 Å². The molecule has 2 aromatic rings. The van der Waals surface area contributed by atoms with Crippen LogP contribution in [0.15, 0.2) is 18.2 Å². The largest absolute Gasteiger partial charge is 0.396 e. The minimum absolute atomic E-state index is 0.188. The van der Waals surface area contributed by atoms with Gasteiger partial charge in [0.25, 0.3) is 0 Å².